The summed E-state index contributed by atoms with van der Waals surface area (Å²) in [5.74, 6) is -2.56. The van der Waals surface area contributed by atoms with Crippen molar-refractivity contribution >= 4 is 34.4 Å². The summed E-state index contributed by atoms with van der Waals surface area (Å²) in [6, 6.07) is 0. The summed E-state index contributed by atoms with van der Waals surface area (Å²) in [4.78, 5) is 1.63. The number of rotatable bonds is 19. The first kappa shape index (κ1) is 43.0. The van der Waals surface area contributed by atoms with E-state index in [2.05, 4.69) is 10.6 Å². The number of hydrogen-bond donors (Lipinski definition) is 2. The molecule has 0 spiro atoms. The van der Waals surface area contributed by atoms with Crippen molar-refractivity contribution in [2.45, 2.75) is 217 Å². The van der Waals surface area contributed by atoms with Crippen molar-refractivity contribution in [3.63, 3.8) is 0 Å². The summed E-state index contributed by atoms with van der Waals surface area (Å²) in [6.45, 7) is 18.2. The van der Waals surface area contributed by atoms with E-state index in [9.17, 15) is 0 Å². The van der Waals surface area contributed by atoms with E-state index in [1.807, 2.05) is 55.4 Å². The number of nitrogens with one attached hydrogen (secondary N) is 2. The summed E-state index contributed by atoms with van der Waals surface area (Å²) in [6.07, 6.45) is 11.6. The van der Waals surface area contributed by atoms with Crippen LogP contribution < -0.4 is 10.6 Å². The molecule has 0 aromatic rings. The third-order valence-corrected chi connectivity index (χ3v) is 11.8. The zero-order valence-corrected chi connectivity index (χ0v) is 35.6. The van der Waals surface area contributed by atoms with Crippen LogP contribution >= 0.6 is 24.4 Å². The molecule has 6 saturated heterocycles. The van der Waals surface area contributed by atoms with Crippen LogP contribution in [0.15, 0.2) is 0 Å². The molecule has 0 aromatic carbocycles. The molecule has 0 saturated carbocycles. The monoisotopic (exact) mass is 800 g/mol. The lowest BCUT2D eigenvalue weighted by Gasteiger charge is -2.27. The minimum absolute atomic E-state index is 0.172. The molecule has 310 valence electrons. The van der Waals surface area contributed by atoms with E-state index in [4.69, 9.17) is 71.8 Å². The van der Waals surface area contributed by atoms with E-state index in [1.54, 1.807) is 0 Å². The summed E-state index contributed by atoms with van der Waals surface area (Å²) >= 11 is 11.4. The van der Waals surface area contributed by atoms with Crippen LogP contribution in [0, 0.1) is 0 Å². The molecule has 2 N–H and O–H groups in total. The molecule has 14 heteroatoms. The van der Waals surface area contributed by atoms with Crippen LogP contribution in [0.3, 0.4) is 0 Å². The Labute approximate surface area is 334 Å². The maximum absolute atomic E-state index is 6.45. The first-order chi connectivity index (χ1) is 25.5. The molecule has 0 aromatic heterocycles. The molecule has 0 radical (unpaired) electrons. The highest BCUT2D eigenvalue weighted by molar-refractivity contribution is 7.80. The minimum atomic E-state index is -0.659. The van der Waals surface area contributed by atoms with Gasteiger partial charge in [0.15, 0.2) is 23.1 Å². The third-order valence-electron chi connectivity index (χ3n) is 11.2. The van der Waals surface area contributed by atoms with Gasteiger partial charge < -0.3 is 58.0 Å². The van der Waals surface area contributed by atoms with Crippen LogP contribution in [0.4, 0.5) is 0 Å². The molecule has 0 amide bonds. The second-order valence-corrected chi connectivity index (χ2v) is 18.8. The molecule has 6 heterocycles. The summed E-state index contributed by atoms with van der Waals surface area (Å²) < 4.78 is 61.8. The van der Waals surface area contributed by atoms with Crippen LogP contribution in [0.25, 0.3) is 0 Å². The van der Waals surface area contributed by atoms with Crippen LogP contribution in [-0.4, -0.2) is 120 Å². The van der Waals surface area contributed by atoms with Gasteiger partial charge in [-0.2, -0.15) is 0 Å². The standard InChI is InChI=1S/C40H68N2O10S2/c1-37(2)43-23-27(47-37)31-35-33(49-39(5,6)51-35)25(45-31)21-29(53)41-19-17-15-13-11-9-10-12-14-16-18-20-42-30(54)22-26-34-36(52-40(7,8)50-34)32(46-26)28-24-44-38(3,4)48-28/h25-28,31-36H,9-24H2,1-8H3,(H,41,53)(H,42,54)/t25-,26-,27-,28-,31+,32+,33+,34+,35-,36-/m0/s1. The molecular formula is C40H68N2O10S2. The second-order valence-electron chi connectivity index (χ2n) is 17.8. The van der Waals surface area contributed by atoms with Gasteiger partial charge in [-0.25, -0.2) is 0 Å². The first-order valence-electron chi connectivity index (χ1n) is 20.7. The van der Waals surface area contributed by atoms with Gasteiger partial charge in [-0.05, 0) is 68.2 Å². The lowest BCUT2D eigenvalue weighted by Crippen LogP contribution is -2.40. The van der Waals surface area contributed by atoms with Gasteiger partial charge in [-0.1, -0.05) is 75.8 Å². The van der Waals surface area contributed by atoms with Crippen molar-refractivity contribution in [2.24, 2.45) is 0 Å². The Hall–Kier alpha value is -0.620. The van der Waals surface area contributed by atoms with Crippen molar-refractivity contribution in [3.8, 4) is 0 Å². The van der Waals surface area contributed by atoms with Crippen LogP contribution in [0.1, 0.15) is 132 Å². The summed E-state index contributed by atoms with van der Waals surface area (Å²) in [5.41, 5.74) is 0. The highest BCUT2D eigenvalue weighted by Gasteiger charge is 2.60. The van der Waals surface area contributed by atoms with Gasteiger partial charge in [-0.15, -0.1) is 0 Å². The van der Waals surface area contributed by atoms with Gasteiger partial charge in [0.05, 0.1) is 35.4 Å². The number of thiocarbonyl (C=S) groups is 2. The average Bonchev–Trinajstić information content (AvgIpc) is 3.90. The van der Waals surface area contributed by atoms with E-state index in [0.29, 0.717) is 26.1 Å². The maximum Gasteiger partial charge on any atom is 0.164 e. The fourth-order valence-corrected chi connectivity index (χ4v) is 9.27. The van der Waals surface area contributed by atoms with Gasteiger partial charge in [0.25, 0.3) is 0 Å². The Bertz CT molecular complexity index is 1170. The van der Waals surface area contributed by atoms with Crippen molar-refractivity contribution in [2.75, 3.05) is 26.3 Å². The molecule has 54 heavy (non-hydrogen) atoms. The largest absolute Gasteiger partial charge is 0.380 e. The molecule has 0 aliphatic carbocycles. The van der Waals surface area contributed by atoms with Crippen LogP contribution in [0.2, 0.25) is 0 Å². The van der Waals surface area contributed by atoms with E-state index < -0.39 is 23.1 Å². The van der Waals surface area contributed by atoms with Gasteiger partial charge >= 0.3 is 0 Å². The molecule has 6 aliphatic rings. The second kappa shape index (κ2) is 18.1. The number of fused-ring (bicyclic) bond motifs is 2. The van der Waals surface area contributed by atoms with E-state index in [1.165, 1.54) is 51.4 Å². The lowest BCUT2D eigenvalue weighted by molar-refractivity contribution is -0.206. The van der Waals surface area contributed by atoms with E-state index >= 15 is 0 Å². The van der Waals surface area contributed by atoms with Gasteiger partial charge in [0, 0.05) is 25.9 Å². The quantitative estimate of drug-likeness (QED) is 0.111. The molecule has 0 bridgehead atoms. The van der Waals surface area contributed by atoms with Crippen molar-refractivity contribution in [1.82, 2.24) is 10.6 Å². The van der Waals surface area contributed by atoms with Gasteiger partial charge in [-0.3, -0.25) is 0 Å². The first-order valence-corrected chi connectivity index (χ1v) is 21.5. The van der Waals surface area contributed by atoms with Gasteiger partial charge in [0.1, 0.15) is 48.8 Å². The summed E-state index contributed by atoms with van der Waals surface area (Å²) in [5, 5.41) is 6.91. The molecular weight excluding hydrogens is 733 g/mol. The molecule has 6 rings (SSSR count). The Morgan fingerprint density at radius 2 is 0.778 bits per heavy atom. The predicted molar refractivity (Wildman–Crippen MR) is 211 cm³/mol. The smallest absolute Gasteiger partial charge is 0.164 e. The predicted octanol–water partition coefficient (Wildman–Crippen LogP) is 6.38. The Morgan fingerprint density at radius 1 is 0.444 bits per heavy atom. The maximum atomic E-state index is 6.45. The molecule has 10 atom stereocenters. The Balaban J connectivity index is 0.754. The van der Waals surface area contributed by atoms with Crippen LogP contribution in [0.5, 0.6) is 0 Å². The van der Waals surface area contributed by atoms with E-state index in [0.717, 1.165) is 35.9 Å². The highest BCUT2D eigenvalue weighted by atomic mass is 32.1. The third kappa shape index (κ3) is 11.5. The minimum Gasteiger partial charge on any atom is -0.380 e. The molecule has 6 fully saturated rings. The van der Waals surface area contributed by atoms with Crippen LogP contribution in [-0.2, 0) is 47.4 Å². The van der Waals surface area contributed by atoms with Gasteiger partial charge in [0.2, 0.25) is 0 Å². The zero-order valence-electron chi connectivity index (χ0n) is 34.0. The molecule has 12 nitrogen and oxygen atoms in total. The molecule has 0 unspecified atom stereocenters. The SMILES string of the molecule is CC1(C)O[C@@H]2[C@H](O1)[C@H](CC(=S)NCCCCCCCCCCCCNC(=S)C[C@@H]1O[C@H]([C@@H]3COC(C)(C)O3)[C@@H]3OC(C)(C)O[C@@H]31)O[C@@H]2[C@@H]1COC(C)(C)O1. The number of unbranched alkanes of at least 4 members (excludes halogenated alkanes) is 9. The zero-order chi connectivity index (χ0) is 38.7. The normalized spacial score (nSPS) is 37.0. The highest BCUT2D eigenvalue weighted by Crippen LogP contribution is 2.44. The topological polar surface area (TPSA) is 116 Å². The summed E-state index contributed by atoms with van der Waals surface area (Å²) in [7, 11) is 0. The lowest BCUT2D eigenvalue weighted by atomic mass is 10.0. The van der Waals surface area contributed by atoms with Crippen molar-refractivity contribution in [3.05, 3.63) is 0 Å². The Kier molecular flexibility index (Phi) is 14.4. The van der Waals surface area contributed by atoms with Crippen molar-refractivity contribution < 1.29 is 47.4 Å². The van der Waals surface area contributed by atoms with Crippen molar-refractivity contribution in [1.29, 1.82) is 0 Å². The fourth-order valence-electron chi connectivity index (χ4n) is 8.74. The number of ether oxygens (including phenoxy) is 10. The Morgan fingerprint density at radius 3 is 1.11 bits per heavy atom. The fraction of sp³-hybridized carbons (Fsp3) is 0.950. The van der Waals surface area contributed by atoms with E-state index in [-0.39, 0.29) is 61.0 Å². The average molecular weight is 801 g/mol. The number of hydrogen-bond acceptors (Lipinski definition) is 12. The molecule has 6 aliphatic heterocycles.